The molecule has 1 aliphatic heterocycles. The van der Waals surface area contributed by atoms with Crippen LogP contribution in [0, 0.1) is 6.92 Å². The number of carbonyl (C=O) groups is 2. The van der Waals surface area contributed by atoms with Crippen LogP contribution in [0.4, 0.5) is 5.13 Å². The highest BCUT2D eigenvalue weighted by molar-refractivity contribution is 7.15. The fourth-order valence-electron chi connectivity index (χ4n) is 3.33. The monoisotopic (exact) mass is 406 g/mol. The van der Waals surface area contributed by atoms with Crippen LogP contribution in [0.1, 0.15) is 34.7 Å². The standard InChI is InChI=1S/C21H18N4O3S/c1-3-13-4-6-14(7-5-13)17-16(18(26)15-8-10-22-11-9-15)19(27)20(28)25(17)21-24-23-12(2)29-21/h4-11,17,26H,3H2,1-2H3. The predicted octanol–water partition coefficient (Wildman–Crippen LogP) is 3.43. The minimum atomic E-state index is -0.790. The molecule has 146 valence electrons. The van der Waals surface area contributed by atoms with Crippen LogP contribution in [0.5, 0.6) is 0 Å². The molecule has 29 heavy (non-hydrogen) atoms. The zero-order valence-corrected chi connectivity index (χ0v) is 16.7. The van der Waals surface area contributed by atoms with Crippen molar-refractivity contribution in [3.63, 3.8) is 0 Å². The Kier molecular flexibility index (Phi) is 4.94. The minimum Gasteiger partial charge on any atom is -0.507 e. The Morgan fingerprint density at radius 1 is 1.10 bits per heavy atom. The molecule has 4 rings (SSSR count). The number of ketones is 1. The van der Waals surface area contributed by atoms with Gasteiger partial charge in [-0.25, -0.2) is 0 Å². The zero-order valence-electron chi connectivity index (χ0n) is 15.9. The number of hydrogen-bond acceptors (Lipinski definition) is 7. The van der Waals surface area contributed by atoms with Gasteiger partial charge < -0.3 is 5.11 Å². The fourth-order valence-corrected chi connectivity index (χ4v) is 4.04. The molecule has 8 heteroatoms. The number of carbonyl (C=O) groups excluding carboxylic acids is 2. The molecular formula is C21H18N4O3S. The summed E-state index contributed by atoms with van der Waals surface area (Å²) < 4.78 is 0. The van der Waals surface area contributed by atoms with Crippen molar-refractivity contribution in [2.45, 2.75) is 26.3 Å². The Balaban J connectivity index is 1.92. The zero-order chi connectivity index (χ0) is 20.5. The molecule has 1 atom stereocenters. The van der Waals surface area contributed by atoms with Gasteiger partial charge in [-0.05, 0) is 36.6 Å². The Labute approximate surface area is 171 Å². The summed E-state index contributed by atoms with van der Waals surface area (Å²) >= 11 is 1.22. The molecule has 0 aliphatic carbocycles. The lowest BCUT2D eigenvalue weighted by Crippen LogP contribution is -2.29. The van der Waals surface area contributed by atoms with E-state index in [-0.39, 0.29) is 11.3 Å². The third-order valence-electron chi connectivity index (χ3n) is 4.82. The number of aliphatic hydroxyl groups excluding tert-OH is 1. The van der Waals surface area contributed by atoms with Crippen LogP contribution in [-0.2, 0) is 16.0 Å². The van der Waals surface area contributed by atoms with Crippen molar-refractivity contribution in [2.24, 2.45) is 0 Å². The molecule has 0 saturated carbocycles. The second-order valence-electron chi connectivity index (χ2n) is 6.60. The van der Waals surface area contributed by atoms with Gasteiger partial charge in [0.05, 0.1) is 11.6 Å². The van der Waals surface area contributed by atoms with Gasteiger partial charge in [-0.15, -0.1) is 10.2 Å². The Morgan fingerprint density at radius 2 is 1.79 bits per heavy atom. The number of aromatic nitrogens is 3. The van der Waals surface area contributed by atoms with Crippen LogP contribution in [0.2, 0.25) is 0 Å². The van der Waals surface area contributed by atoms with Gasteiger partial charge in [0.2, 0.25) is 5.13 Å². The molecule has 1 N–H and O–H groups in total. The smallest absolute Gasteiger partial charge is 0.301 e. The van der Waals surface area contributed by atoms with E-state index in [1.165, 1.54) is 28.6 Å². The number of aryl methyl sites for hydroxylation is 2. The second-order valence-corrected chi connectivity index (χ2v) is 7.76. The van der Waals surface area contributed by atoms with E-state index in [0.717, 1.165) is 12.0 Å². The maximum absolute atomic E-state index is 12.9. The number of pyridine rings is 1. The topological polar surface area (TPSA) is 96.3 Å². The van der Waals surface area contributed by atoms with E-state index in [1.807, 2.05) is 24.3 Å². The molecule has 7 nitrogen and oxygen atoms in total. The number of aliphatic hydroxyl groups is 1. The summed E-state index contributed by atoms with van der Waals surface area (Å²) in [6.07, 6.45) is 3.90. The highest BCUT2D eigenvalue weighted by atomic mass is 32.1. The number of anilines is 1. The molecule has 0 spiro atoms. The van der Waals surface area contributed by atoms with Crippen molar-refractivity contribution in [1.29, 1.82) is 0 Å². The summed E-state index contributed by atoms with van der Waals surface area (Å²) in [5, 5.41) is 20.0. The van der Waals surface area contributed by atoms with Crippen molar-refractivity contribution in [2.75, 3.05) is 4.90 Å². The summed E-state index contributed by atoms with van der Waals surface area (Å²) in [5.41, 5.74) is 2.29. The summed E-state index contributed by atoms with van der Waals surface area (Å²) in [7, 11) is 0. The first-order chi connectivity index (χ1) is 14.0. The van der Waals surface area contributed by atoms with Crippen LogP contribution in [0.25, 0.3) is 5.76 Å². The van der Waals surface area contributed by atoms with E-state index in [4.69, 9.17) is 0 Å². The van der Waals surface area contributed by atoms with Crippen molar-refractivity contribution in [3.05, 3.63) is 76.1 Å². The quantitative estimate of drug-likeness (QED) is 0.405. The molecule has 0 radical (unpaired) electrons. The molecule has 0 bridgehead atoms. The van der Waals surface area contributed by atoms with E-state index in [9.17, 15) is 14.7 Å². The van der Waals surface area contributed by atoms with Gasteiger partial charge >= 0.3 is 5.91 Å². The normalized spacial score (nSPS) is 18.4. The molecular weight excluding hydrogens is 388 g/mol. The van der Waals surface area contributed by atoms with Crippen LogP contribution in [0.3, 0.4) is 0 Å². The van der Waals surface area contributed by atoms with Gasteiger partial charge in [0, 0.05) is 18.0 Å². The fraction of sp³-hybridized carbons (Fsp3) is 0.190. The number of hydrogen-bond donors (Lipinski definition) is 1. The van der Waals surface area contributed by atoms with Crippen LogP contribution in [0.15, 0.2) is 54.4 Å². The van der Waals surface area contributed by atoms with E-state index >= 15 is 0 Å². The van der Waals surface area contributed by atoms with Crippen LogP contribution >= 0.6 is 11.3 Å². The average Bonchev–Trinajstić information content (AvgIpc) is 3.29. The number of amides is 1. The Bertz CT molecular complexity index is 1110. The average molecular weight is 406 g/mol. The van der Waals surface area contributed by atoms with Crippen molar-refractivity contribution in [3.8, 4) is 0 Å². The molecule has 3 aromatic rings. The molecule has 3 heterocycles. The molecule has 2 aromatic heterocycles. The Morgan fingerprint density at radius 3 is 2.38 bits per heavy atom. The number of nitrogens with zero attached hydrogens (tertiary/aromatic N) is 4. The van der Waals surface area contributed by atoms with Gasteiger partial charge in [0.25, 0.3) is 5.78 Å². The van der Waals surface area contributed by atoms with Gasteiger partial charge in [-0.2, -0.15) is 0 Å². The highest BCUT2D eigenvalue weighted by Gasteiger charge is 2.48. The maximum atomic E-state index is 12.9. The van der Waals surface area contributed by atoms with Gasteiger partial charge in [0.15, 0.2) is 0 Å². The molecule has 1 saturated heterocycles. The molecule has 1 aliphatic rings. The van der Waals surface area contributed by atoms with Crippen molar-refractivity contribution in [1.82, 2.24) is 15.2 Å². The summed E-state index contributed by atoms with van der Waals surface area (Å²) in [4.78, 5) is 31.1. The predicted molar refractivity (Wildman–Crippen MR) is 109 cm³/mol. The van der Waals surface area contributed by atoms with E-state index < -0.39 is 17.7 Å². The first kappa shape index (κ1) is 18.9. The lowest BCUT2D eigenvalue weighted by molar-refractivity contribution is -0.132. The van der Waals surface area contributed by atoms with Gasteiger partial charge in [-0.1, -0.05) is 42.5 Å². The summed E-state index contributed by atoms with van der Waals surface area (Å²) in [6.45, 7) is 3.83. The van der Waals surface area contributed by atoms with E-state index in [0.29, 0.717) is 21.3 Å². The highest BCUT2D eigenvalue weighted by Crippen LogP contribution is 2.42. The van der Waals surface area contributed by atoms with Crippen molar-refractivity contribution < 1.29 is 14.7 Å². The molecule has 1 aromatic carbocycles. The molecule has 1 fully saturated rings. The third kappa shape index (κ3) is 3.31. The van der Waals surface area contributed by atoms with Crippen LogP contribution in [-0.4, -0.2) is 32.0 Å². The minimum absolute atomic E-state index is 0.0262. The van der Waals surface area contributed by atoms with Gasteiger partial charge in [-0.3, -0.25) is 19.5 Å². The SMILES string of the molecule is CCc1ccc(C2C(=C(O)c3ccncc3)C(=O)C(=O)N2c2nnc(C)s2)cc1. The van der Waals surface area contributed by atoms with Gasteiger partial charge in [0.1, 0.15) is 10.8 Å². The first-order valence-electron chi connectivity index (χ1n) is 9.11. The van der Waals surface area contributed by atoms with E-state index in [2.05, 4.69) is 22.1 Å². The molecule has 1 unspecified atom stereocenters. The first-order valence-corrected chi connectivity index (χ1v) is 9.93. The molecule has 1 amide bonds. The number of rotatable bonds is 4. The second kappa shape index (κ2) is 7.56. The lowest BCUT2D eigenvalue weighted by Gasteiger charge is -2.22. The largest absolute Gasteiger partial charge is 0.507 e. The summed E-state index contributed by atoms with van der Waals surface area (Å²) in [5.74, 6) is -1.72. The van der Waals surface area contributed by atoms with Crippen molar-refractivity contribution >= 4 is 33.9 Å². The van der Waals surface area contributed by atoms with Crippen LogP contribution < -0.4 is 4.90 Å². The third-order valence-corrected chi connectivity index (χ3v) is 5.66. The lowest BCUT2D eigenvalue weighted by atomic mass is 9.95. The maximum Gasteiger partial charge on any atom is 0.301 e. The number of benzene rings is 1. The number of Topliss-reactive ketones (excluding diaryl/α,β-unsaturated/α-hetero) is 1. The van der Waals surface area contributed by atoms with E-state index in [1.54, 1.807) is 19.1 Å². The Hall–Kier alpha value is -3.39. The summed E-state index contributed by atoms with van der Waals surface area (Å²) in [6, 6.07) is 10.0.